The Hall–Kier alpha value is -1.40. The van der Waals surface area contributed by atoms with Gasteiger partial charge in [-0.15, -0.1) is 0 Å². The van der Waals surface area contributed by atoms with Crippen molar-refractivity contribution in [1.82, 2.24) is 9.21 Å². The van der Waals surface area contributed by atoms with Gasteiger partial charge >= 0.3 is 0 Å². The Morgan fingerprint density at radius 2 is 1.60 bits per heavy atom. The molecule has 25 heavy (non-hydrogen) atoms. The molecule has 5 nitrogen and oxygen atoms in total. The molecule has 1 heterocycles. The molecule has 1 aliphatic rings. The number of carbonyl (C=O) groups is 1. The Morgan fingerprint density at radius 3 is 2.08 bits per heavy atom. The maximum atomic E-state index is 12.5. The summed E-state index contributed by atoms with van der Waals surface area (Å²) in [6, 6.07) is 8.19. The summed E-state index contributed by atoms with van der Waals surface area (Å²) in [5.74, 6) is 0.247. The third kappa shape index (κ3) is 5.28. The van der Waals surface area contributed by atoms with Gasteiger partial charge in [0.1, 0.15) is 0 Å². The van der Waals surface area contributed by atoms with Crippen LogP contribution in [0.2, 0.25) is 0 Å². The van der Waals surface area contributed by atoms with Crippen LogP contribution in [-0.4, -0.2) is 55.5 Å². The Labute approximate surface area is 152 Å². The van der Waals surface area contributed by atoms with Crippen molar-refractivity contribution in [3.8, 4) is 0 Å². The van der Waals surface area contributed by atoms with E-state index in [2.05, 4.69) is 32.9 Å². The van der Waals surface area contributed by atoms with Gasteiger partial charge in [0, 0.05) is 26.2 Å². The van der Waals surface area contributed by atoms with E-state index < -0.39 is 10.0 Å². The van der Waals surface area contributed by atoms with Crippen LogP contribution in [0.5, 0.6) is 0 Å². The van der Waals surface area contributed by atoms with Gasteiger partial charge in [0.05, 0.1) is 12.2 Å². The second-order valence-corrected chi connectivity index (χ2v) is 9.81. The van der Waals surface area contributed by atoms with Crippen LogP contribution in [0.15, 0.2) is 24.3 Å². The normalized spacial score (nSPS) is 16.9. The molecule has 1 fully saturated rings. The fourth-order valence-corrected chi connectivity index (χ4v) is 4.51. The first-order chi connectivity index (χ1) is 11.6. The molecule has 0 N–H and O–H groups in total. The zero-order valence-electron chi connectivity index (χ0n) is 15.8. The van der Waals surface area contributed by atoms with Crippen molar-refractivity contribution >= 4 is 15.9 Å². The standard InChI is InChI=1S/C19H30N2O3S/c1-5-14-25(23,24)21-12-10-20(11-13-21)18(22)15-16-6-8-17(9-7-16)19(2,3)4/h6-9H,5,10-15H2,1-4H3. The summed E-state index contributed by atoms with van der Waals surface area (Å²) in [7, 11) is -3.16. The van der Waals surface area contributed by atoms with Gasteiger partial charge < -0.3 is 4.90 Å². The van der Waals surface area contributed by atoms with Crippen LogP contribution in [0.3, 0.4) is 0 Å². The molecule has 0 spiro atoms. The highest BCUT2D eigenvalue weighted by Crippen LogP contribution is 2.22. The molecule has 0 unspecified atom stereocenters. The van der Waals surface area contributed by atoms with Crippen LogP contribution >= 0.6 is 0 Å². The average Bonchev–Trinajstić information content (AvgIpc) is 2.54. The van der Waals surface area contributed by atoms with E-state index in [4.69, 9.17) is 0 Å². The van der Waals surface area contributed by atoms with Crippen molar-refractivity contribution < 1.29 is 13.2 Å². The zero-order chi connectivity index (χ0) is 18.7. The average molecular weight is 367 g/mol. The number of benzene rings is 1. The van der Waals surface area contributed by atoms with E-state index in [1.807, 2.05) is 19.1 Å². The SMILES string of the molecule is CCCS(=O)(=O)N1CCN(C(=O)Cc2ccc(C(C)(C)C)cc2)CC1. The van der Waals surface area contributed by atoms with Crippen molar-refractivity contribution in [3.05, 3.63) is 35.4 Å². The van der Waals surface area contributed by atoms with E-state index in [0.717, 1.165) is 5.56 Å². The van der Waals surface area contributed by atoms with Gasteiger partial charge in [0.2, 0.25) is 15.9 Å². The van der Waals surface area contributed by atoms with Gasteiger partial charge in [0.15, 0.2) is 0 Å². The lowest BCUT2D eigenvalue weighted by Crippen LogP contribution is -2.51. The minimum atomic E-state index is -3.16. The molecular weight excluding hydrogens is 336 g/mol. The first kappa shape index (κ1) is 19.9. The molecule has 1 aliphatic heterocycles. The monoisotopic (exact) mass is 366 g/mol. The van der Waals surface area contributed by atoms with Crippen LogP contribution in [0, 0.1) is 0 Å². The predicted molar refractivity (Wildman–Crippen MR) is 101 cm³/mol. The van der Waals surface area contributed by atoms with Crippen LogP contribution < -0.4 is 0 Å². The minimum Gasteiger partial charge on any atom is -0.340 e. The van der Waals surface area contributed by atoms with Crippen LogP contribution in [-0.2, 0) is 26.7 Å². The second kappa shape index (κ2) is 7.87. The molecule has 140 valence electrons. The second-order valence-electron chi connectivity index (χ2n) is 7.72. The molecule has 6 heteroatoms. The Kier molecular flexibility index (Phi) is 6.27. The number of amides is 1. The molecule has 0 atom stereocenters. The van der Waals surface area contributed by atoms with Crippen molar-refractivity contribution in [2.45, 2.75) is 46.0 Å². The summed E-state index contributed by atoms with van der Waals surface area (Å²) in [5.41, 5.74) is 2.35. The van der Waals surface area contributed by atoms with Crippen molar-refractivity contribution in [3.63, 3.8) is 0 Å². The third-order valence-corrected chi connectivity index (χ3v) is 6.70. The highest BCUT2D eigenvalue weighted by Gasteiger charge is 2.28. The van der Waals surface area contributed by atoms with Crippen molar-refractivity contribution in [2.24, 2.45) is 0 Å². The zero-order valence-corrected chi connectivity index (χ0v) is 16.6. The molecule has 0 saturated carbocycles. The van der Waals surface area contributed by atoms with Gasteiger partial charge in [-0.05, 0) is 23.0 Å². The summed E-state index contributed by atoms with van der Waals surface area (Å²) in [4.78, 5) is 14.3. The number of rotatable bonds is 5. The number of hydrogen-bond donors (Lipinski definition) is 0. The smallest absolute Gasteiger partial charge is 0.227 e. The maximum Gasteiger partial charge on any atom is 0.227 e. The summed E-state index contributed by atoms with van der Waals surface area (Å²) in [6.45, 7) is 10.1. The van der Waals surface area contributed by atoms with Gasteiger partial charge in [-0.25, -0.2) is 8.42 Å². The molecule has 1 saturated heterocycles. The van der Waals surface area contributed by atoms with E-state index in [-0.39, 0.29) is 17.1 Å². The van der Waals surface area contributed by atoms with Gasteiger partial charge in [-0.1, -0.05) is 52.0 Å². The minimum absolute atomic E-state index is 0.0658. The van der Waals surface area contributed by atoms with Crippen LogP contribution in [0.1, 0.15) is 45.2 Å². The molecule has 0 aliphatic carbocycles. The van der Waals surface area contributed by atoms with Crippen LogP contribution in [0.4, 0.5) is 0 Å². The molecular formula is C19H30N2O3S. The lowest BCUT2D eigenvalue weighted by atomic mass is 9.86. The summed E-state index contributed by atoms with van der Waals surface area (Å²) in [6.07, 6.45) is 0.984. The number of piperazine rings is 1. The van der Waals surface area contributed by atoms with Gasteiger partial charge in [0.25, 0.3) is 0 Å². The van der Waals surface area contributed by atoms with E-state index in [1.165, 1.54) is 9.87 Å². The molecule has 1 amide bonds. The first-order valence-electron chi connectivity index (χ1n) is 8.98. The van der Waals surface area contributed by atoms with E-state index in [1.54, 1.807) is 4.90 Å². The molecule has 0 bridgehead atoms. The van der Waals surface area contributed by atoms with Gasteiger partial charge in [-0.2, -0.15) is 4.31 Å². The predicted octanol–water partition coefficient (Wildman–Crippen LogP) is 2.41. The van der Waals surface area contributed by atoms with Crippen molar-refractivity contribution in [1.29, 1.82) is 0 Å². The Balaban J connectivity index is 1.91. The van der Waals surface area contributed by atoms with Crippen molar-refractivity contribution in [2.75, 3.05) is 31.9 Å². The fraction of sp³-hybridized carbons (Fsp3) is 0.632. The summed E-state index contributed by atoms with van der Waals surface area (Å²) in [5, 5.41) is 0. The lowest BCUT2D eigenvalue weighted by molar-refractivity contribution is -0.131. The largest absolute Gasteiger partial charge is 0.340 e. The molecule has 1 aromatic rings. The Morgan fingerprint density at radius 1 is 1.04 bits per heavy atom. The number of hydrogen-bond acceptors (Lipinski definition) is 3. The lowest BCUT2D eigenvalue weighted by Gasteiger charge is -2.34. The third-order valence-electron chi connectivity index (χ3n) is 4.62. The highest BCUT2D eigenvalue weighted by molar-refractivity contribution is 7.89. The number of sulfonamides is 1. The summed E-state index contributed by atoms with van der Waals surface area (Å²) >= 11 is 0. The topological polar surface area (TPSA) is 57.7 Å². The number of carbonyl (C=O) groups excluding carboxylic acids is 1. The van der Waals surface area contributed by atoms with Gasteiger partial charge in [-0.3, -0.25) is 4.79 Å². The maximum absolute atomic E-state index is 12.5. The summed E-state index contributed by atoms with van der Waals surface area (Å²) < 4.78 is 25.7. The number of nitrogens with zero attached hydrogens (tertiary/aromatic N) is 2. The quantitative estimate of drug-likeness (QED) is 0.804. The van der Waals surface area contributed by atoms with E-state index >= 15 is 0 Å². The van der Waals surface area contributed by atoms with Crippen LogP contribution in [0.25, 0.3) is 0 Å². The molecule has 0 radical (unpaired) electrons. The Bertz CT molecular complexity index is 682. The fourth-order valence-electron chi connectivity index (χ4n) is 3.01. The van der Waals surface area contributed by atoms with E-state index in [0.29, 0.717) is 39.0 Å². The van der Waals surface area contributed by atoms with E-state index in [9.17, 15) is 13.2 Å². The molecule has 2 rings (SSSR count). The molecule has 0 aromatic heterocycles. The molecule has 1 aromatic carbocycles. The highest BCUT2D eigenvalue weighted by atomic mass is 32.2. The first-order valence-corrected chi connectivity index (χ1v) is 10.6.